The van der Waals surface area contributed by atoms with Crippen molar-refractivity contribution in [2.45, 2.75) is 24.8 Å². The number of aryl methyl sites for hydroxylation is 2. The lowest BCUT2D eigenvalue weighted by Gasteiger charge is -2.36. The van der Waals surface area contributed by atoms with E-state index in [0.717, 1.165) is 11.1 Å². The quantitative estimate of drug-likeness (QED) is 0.821. The van der Waals surface area contributed by atoms with E-state index in [1.807, 2.05) is 19.1 Å². The molecule has 2 saturated heterocycles. The minimum absolute atomic E-state index is 0.0107. The maximum absolute atomic E-state index is 12.9. The summed E-state index contributed by atoms with van der Waals surface area (Å²) in [6, 6.07) is 5.13. The molecule has 2 aliphatic rings. The van der Waals surface area contributed by atoms with Gasteiger partial charge < -0.3 is 15.0 Å². The van der Waals surface area contributed by atoms with Crippen molar-refractivity contribution < 1.29 is 17.9 Å². The number of sulfonamides is 1. The number of morpholine rings is 1. The topological polar surface area (TPSA) is 79.0 Å². The van der Waals surface area contributed by atoms with Crippen LogP contribution in [0.25, 0.3) is 0 Å². The molecule has 2 heterocycles. The fourth-order valence-electron chi connectivity index (χ4n) is 3.22. The fourth-order valence-corrected chi connectivity index (χ4v) is 4.95. The van der Waals surface area contributed by atoms with E-state index in [0.29, 0.717) is 50.8 Å². The van der Waals surface area contributed by atoms with E-state index in [-0.39, 0.29) is 11.9 Å². The molecule has 0 aromatic heterocycles. The molecule has 1 amide bonds. The highest BCUT2D eigenvalue weighted by Crippen LogP contribution is 2.22. The van der Waals surface area contributed by atoms with Gasteiger partial charge in [0.05, 0.1) is 18.1 Å². The average Bonchev–Trinajstić information content (AvgIpc) is 2.64. The molecule has 1 unspecified atom stereocenters. The number of piperazine rings is 1. The number of hydrogen-bond acceptors (Lipinski definition) is 5. The van der Waals surface area contributed by atoms with Gasteiger partial charge in [0.25, 0.3) is 0 Å². The van der Waals surface area contributed by atoms with Gasteiger partial charge in [-0.15, -0.1) is 0 Å². The van der Waals surface area contributed by atoms with Crippen molar-refractivity contribution in [3.8, 4) is 0 Å². The van der Waals surface area contributed by atoms with Gasteiger partial charge >= 0.3 is 0 Å². The maximum Gasteiger partial charge on any atom is 0.243 e. The molecule has 3 rings (SSSR count). The second-order valence-electron chi connectivity index (χ2n) is 6.58. The Kier molecular flexibility index (Phi) is 5.43. The minimum Gasteiger partial charge on any atom is -0.378 e. The van der Waals surface area contributed by atoms with Crippen LogP contribution in [0.2, 0.25) is 0 Å². The predicted molar refractivity (Wildman–Crippen MR) is 93.9 cm³/mol. The lowest BCUT2D eigenvalue weighted by Crippen LogP contribution is -2.57. The Balaban J connectivity index is 1.67. The largest absolute Gasteiger partial charge is 0.378 e. The highest BCUT2D eigenvalue weighted by atomic mass is 32.2. The molecule has 1 aromatic rings. The van der Waals surface area contributed by atoms with Crippen LogP contribution in [-0.2, 0) is 19.6 Å². The smallest absolute Gasteiger partial charge is 0.243 e. The molecule has 25 heavy (non-hydrogen) atoms. The van der Waals surface area contributed by atoms with Crippen molar-refractivity contribution in [3.63, 3.8) is 0 Å². The summed E-state index contributed by atoms with van der Waals surface area (Å²) in [4.78, 5) is 14.6. The SMILES string of the molecule is Cc1ccc(C)c(S(=O)(=O)N2CCN(C(=O)C3COCCN3)CC2)c1. The molecule has 2 aliphatic heterocycles. The number of rotatable bonds is 3. The number of nitrogens with one attached hydrogen (secondary N) is 1. The summed E-state index contributed by atoms with van der Waals surface area (Å²) in [6.07, 6.45) is 0. The molecule has 0 spiro atoms. The van der Waals surface area contributed by atoms with Crippen molar-refractivity contribution >= 4 is 15.9 Å². The number of benzene rings is 1. The number of ether oxygens (including phenoxy) is 1. The number of hydrogen-bond donors (Lipinski definition) is 1. The number of carbonyl (C=O) groups excluding carboxylic acids is 1. The molecule has 2 fully saturated rings. The van der Waals surface area contributed by atoms with Gasteiger partial charge in [0, 0.05) is 32.7 Å². The summed E-state index contributed by atoms with van der Waals surface area (Å²) in [5.74, 6) is -0.0107. The van der Waals surface area contributed by atoms with E-state index < -0.39 is 10.0 Å². The highest BCUT2D eigenvalue weighted by Gasteiger charge is 2.33. The molecule has 0 bridgehead atoms. The lowest BCUT2D eigenvalue weighted by atomic mass is 10.2. The van der Waals surface area contributed by atoms with Crippen LogP contribution in [0.15, 0.2) is 23.1 Å². The standard InChI is InChI=1S/C17H25N3O4S/c1-13-3-4-14(2)16(11-13)25(22,23)20-8-6-19(7-9-20)17(21)15-12-24-10-5-18-15/h3-4,11,15,18H,5-10,12H2,1-2H3. The van der Waals surface area contributed by atoms with Crippen molar-refractivity contribution in [3.05, 3.63) is 29.3 Å². The minimum atomic E-state index is -3.53. The normalized spacial score (nSPS) is 22.8. The third-order valence-electron chi connectivity index (χ3n) is 4.73. The van der Waals surface area contributed by atoms with E-state index in [1.54, 1.807) is 17.9 Å². The molecule has 0 radical (unpaired) electrons. The molecule has 138 valence electrons. The Morgan fingerprint density at radius 1 is 1.20 bits per heavy atom. The second kappa shape index (κ2) is 7.41. The zero-order valence-corrected chi connectivity index (χ0v) is 15.5. The monoisotopic (exact) mass is 367 g/mol. The van der Waals surface area contributed by atoms with E-state index in [9.17, 15) is 13.2 Å². The van der Waals surface area contributed by atoms with Gasteiger partial charge in [-0.3, -0.25) is 4.79 Å². The van der Waals surface area contributed by atoms with Crippen molar-refractivity contribution in [1.82, 2.24) is 14.5 Å². The van der Waals surface area contributed by atoms with Crippen LogP contribution in [0, 0.1) is 13.8 Å². The molecule has 1 aromatic carbocycles. The van der Waals surface area contributed by atoms with Gasteiger partial charge in [0.1, 0.15) is 6.04 Å². The zero-order chi connectivity index (χ0) is 18.0. The van der Waals surface area contributed by atoms with Crippen molar-refractivity contribution in [1.29, 1.82) is 0 Å². The van der Waals surface area contributed by atoms with Gasteiger partial charge in [0.15, 0.2) is 0 Å². The summed E-state index contributed by atoms with van der Waals surface area (Å²) < 4.78 is 32.7. The summed E-state index contributed by atoms with van der Waals surface area (Å²) in [6.45, 7) is 6.78. The maximum atomic E-state index is 12.9. The molecule has 1 atom stereocenters. The molecular formula is C17H25N3O4S. The van der Waals surface area contributed by atoms with Gasteiger partial charge in [-0.2, -0.15) is 4.31 Å². The highest BCUT2D eigenvalue weighted by molar-refractivity contribution is 7.89. The molecule has 0 aliphatic carbocycles. The average molecular weight is 367 g/mol. The van der Waals surface area contributed by atoms with Crippen LogP contribution < -0.4 is 5.32 Å². The third-order valence-corrected chi connectivity index (χ3v) is 6.77. The van der Waals surface area contributed by atoms with Crippen LogP contribution in [-0.4, -0.2) is 75.5 Å². The Bertz CT molecular complexity index is 736. The second-order valence-corrected chi connectivity index (χ2v) is 8.49. The van der Waals surface area contributed by atoms with Gasteiger partial charge in [-0.25, -0.2) is 8.42 Å². The van der Waals surface area contributed by atoms with Crippen LogP contribution in [0.5, 0.6) is 0 Å². The number of amides is 1. The van der Waals surface area contributed by atoms with Crippen LogP contribution in [0.3, 0.4) is 0 Å². The Morgan fingerprint density at radius 3 is 2.56 bits per heavy atom. The van der Waals surface area contributed by atoms with Crippen LogP contribution >= 0.6 is 0 Å². The van der Waals surface area contributed by atoms with Gasteiger partial charge in [-0.05, 0) is 31.0 Å². The zero-order valence-electron chi connectivity index (χ0n) is 14.7. The first-order valence-corrected chi connectivity index (χ1v) is 10.0. The van der Waals surface area contributed by atoms with Gasteiger partial charge in [0.2, 0.25) is 15.9 Å². The van der Waals surface area contributed by atoms with Crippen molar-refractivity contribution in [2.75, 3.05) is 45.9 Å². The van der Waals surface area contributed by atoms with Crippen LogP contribution in [0.4, 0.5) is 0 Å². The summed E-state index contributed by atoms with van der Waals surface area (Å²) in [7, 11) is -3.53. The van der Waals surface area contributed by atoms with E-state index >= 15 is 0 Å². The predicted octanol–water partition coefficient (Wildman–Crippen LogP) is 0.125. The van der Waals surface area contributed by atoms with E-state index in [4.69, 9.17) is 4.74 Å². The first-order chi connectivity index (χ1) is 11.9. The lowest BCUT2D eigenvalue weighted by molar-refractivity contribution is -0.137. The number of nitrogens with zero attached hydrogens (tertiary/aromatic N) is 2. The molecule has 8 heteroatoms. The van der Waals surface area contributed by atoms with E-state index in [2.05, 4.69) is 5.32 Å². The molecule has 0 saturated carbocycles. The van der Waals surface area contributed by atoms with Gasteiger partial charge in [-0.1, -0.05) is 12.1 Å². The molecule has 1 N–H and O–H groups in total. The van der Waals surface area contributed by atoms with Crippen LogP contribution in [0.1, 0.15) is 11.1 Å². The Labute approximate surface area is 149 Å². The summed E-state index contributed by atoms with van der Waals surface area (Å²) >= 11 is 0. The first kappa shape index (κ1) is 18.3. The fraction of sp³-hybridized carbons (Fsp3) is 0.588. The molecular weight excluding hydrogens is 342 g/mol. The Hall–Kier alpha value is -1.48. The first-order valence-electron chi connectivity index (χ1n) is 8.57. The van der Waals surface area contributed by atoms with E-state index in [1.165, 1.54) is 4.31 Å². The third kappa shape index (κ3) is 3.87. The van der Waals surface area contributed by atoms with Crippen molar-refractivity contribution in [2.24, 2.45) is 0 Å². The summed E-state index contributed by atoms with van der Waals surface area (Å²) in [5.41, 5.74) is 1.66. The molecule has 7 nitrogen and oxygen atoms in total. The Morgan fingerprint density at radius 2 is 1.92 bits per heavy atom. The summed E-state index contributed by atoms with van der Waals surface area (Å²) in [5, 5.41) is 3.15. The number of carbonyl (C=O) groups is 1.